The third-order valence-corrected chi connectivity index (χ3v) is 4.67. The Morgan fingerprint density at radius 3 is 2.46 bits per heavy atom. The number of hydrogen-bond donors (Lipinski definition) is 1. The number of fused-ring (bicyclic) bond motifs is 1. The lowest BCUT2D eigenvalue weighted by Gasteiger charge is -2.14. The summed E-state index contributed by atoms with van der Waals surface area (Å²) in [5.74, 6) is 1.60. The van der Waals surface area contributed by atoms with E-state index in [0.29, 0.717) is 0 Å². The minimum Gasteiger partial charge on any atom is -0.497 e. The normalized spacial score (nSPS) is 14.0. The molecule has 0 atom stereocenters. The van der Waals surface area contributed by atoms with Gasteiger partial charge in [-0.25, -0.2) is 0 Å². The van der Waals surface area contributed by atoms with Crippen LogP contribution in [-0.2, 0) is 0 Å². The van der Waals surface area contributed by atoms with Crippen LogP contribution in [-0.4, -0.2) is 12.1 Å². The fraction of sp³-hybridized carbons (Fsp3) is 0.286. The lowest BCUT2D eigenvalue weighted by Crippen LogP contribution is -1.97. The standard InChI is InChI=1S/C21H22N2O/c1-13-10-16(15-4-5-15)12-19-20(11-14(2)22-21(13)19)23-17-6-8-18(24-3)9-7-17/h6-12,15H,4-5H2,1-3H3,(H,22,23). The van der Waals surface area contributed by atoms with Crippen LogP contribution in [0.15, 0.2) is 42.5 Å². The third kappa shape index (κ3) is 2.82. The van der Waals surface area contributed by atoms with Crippen molar-refractivity contribution in [3.05, 3.63) is 59.3 Å². The molecule has 3 heteroatoms. The maximum Gasteiger partial charge on any atom is 0.119 e. The molecule has 0 aliphatic heterocycles. The molecule has 0 saturated heterocycles. The van der Waals surface area contributed by atoms with Gasteiger partial charge in [0.2, 0.25) is 0 Å². The van der Waals surface area contributed by atoms with Crippen molar-refractivity contribution in [3.63, 3.8) is 0 Å². The van der Waals surface area contributed by atoms with Crippen molar-refractivity contribution in [2.24, 2.45) is 0 Å². The zero-order chi connectivity index (χ0) is 16.7. The van der Waals surface area contributed by atoms with Gasteiger partial charge in [0, 0.05) is 22.5 Å². The molecule has 0 spiro atoms. The summed E-state index contributed by atoms with van der Waals surface area (Å²) in [6.07, 6.45) is 2.62. The molecular formula is C21H22N2O. The van der Waals surface area contributed by atoms with Crippen molar-refractivity contribution in [2.75, 3.05) is 12.4 Å². The second kappa shape index (κ2) is 5.82. The quantitative estimate of drug-likeness (QED) is 0.691. The average molecular weight is 318 g/mol. The number of nitrogens with zero attached hydrogens (tertiary/aromatic N) is 1. The molecule has 1 saturated carbocycles. The highest BCUT2D eigenvalue weighted by atomic mass is 16.5. The van der Waals surface area contributed by atoms with Gasteiger partial charge in [-0.05, 0) is 80.1 Å². The lowest BCUT2D eigenvalue weighted by molar-refractivity contribution is 0.415. The number of anilines is 2. The predicted octanol–water partition coefficient (Wildman–Crippen LogP) is 5.48. The van der Waals surface area contributed by atoms with E-state index in [1.807, 2.05) is 31.2 Å². The van der Waals surface area contributed by atoms with E-state index in [0.717, 1.165) is 34.3 Å². The van der Waals surface area contributed by atoms with Gasteiger partial charge in [0.05, 0.1) is 12.6 Å². The first-order valence-electron chi connectivity index (χ1n) is 8.47. The Morgan fingerprint density at radius 2 is 1.79 bits per heavy atom. The molecule has 2 aromatic carbocycles. The first-order chi connectivity index (χ1) is 11.6. The molecule has 0 unspecified atom stereocenters. The van der Waals surface area contributed by atoms with Crippen LogP contribution < -0.4 is 10.1 Å². The van der Waals surface area contributed by atoms with Crippen molar-refractivity contribution in [1.29, 1.82) is 0 Å². The number of nitrogens with one attached hydrogen (secondary N) is 1. The smallest absolute Gasteiger partial charge is 0.119 e. The first kappa shape index (κ1) is 15.0. The highest BCUT2D eigenvalue weighted by molar-refractivity contribution is 5.95. The number of pyridine rings is 1. The number of benzene rings is 2. The summed E-state index contributed by atoms with van der Waals surface area (Å²) in [6, 6.07) is 14.8. The highest BCUT2D eigenvalue weighted by Gasteiger charge is 2.24. The van der Waals surface area contributed by atoms with Gasteiger partial charge in [0.15, 0.2) is 0 Å². The fourth-order valence-electron chi connectivity index (χ4n) is 3.24. The molecule has 1 aliphatic carbocycles. The van der Waals surface area contributed by atoms with Gasteiger partial charge < -0.3 is 10.1 Å². The minimum absolute atomic E-state index is 0.739. The largest absolute Gasteiger partial charge is 0.497 e. The molecule has 1 heterocycles. The monoisotopic (exact) mass is 318 g/mol. The van der Waals surface area contributed by atoms with Gasteiger partial charge in [-0.3, -0.25) is 4.98 Å². The Kier molecular flexibility index (Phi) is 3.64. The van der Waals surface area contributed by atoms with Gasteiger partial charge >= 0.3 is 0 Å². The zero-order valence-corrected chi connectivity index (χ0v) is 14.4. The Morgan fingerprint density at radius 1 is 1.04 bits per heavy atom. The van der Waals surface area contributed by atoms with E-state index in [4.69, 9.17) is 9.72 Å². The van der Waals surface area contributed by atoms with Crippen molar-refractivity contribution >= 4 is 22.3 Å². The number of hydrogen-bond acceptors (Lipinski definition) is 3. The molecule has 1 fully saturated rings. The summed E-state index contributed by atoms with van der Waals surface area (Å²) in [4.78, 5) is 4.77. The SMILES string of the molecule is COc1ccc(Nc2cc(C)nc3c(C)cc(C4CC4)cc23)cc1. The fourth-order valence-corrected chi connectivity index (χ4v) is 3.24. The van der Waals surface area contributed by atoms with E-state index in [1.165, 1.54) is 29.4 Å². The van der Waals surface area contributed by atoms with Crippen LogP contribution in [0.3, 0.4) is 0 Å². The molecule has 3 nitrogen and oxygen atoms in total. The number of aryl methyl sites for hydroxylation is 2. The van der Waals surface area contributed by atoms with Gasteiger partial charge in [0.1, 0.15) is 5.75 Å². The molecule has 24 heavy (non-hydrogen) atoms. The molecule has 1 aromatic heterocycles. The van der Waals surface area contributed by atoms with Crippen molar-refractivity contribution < 1.29 is 4.74 Å². The summed E-state index contributed by atoms with van der Waals surface area (Å²) in [6.45, 7) is 4.21. The first-order valence-corrected chi connectivity index (χ1v) is 8.47. The van der Waals surface area contributed by atoms with Crippen LogP contribution in [0.25, 0.3) is 10.9 Å². The average Bonchev–Trinajstić information content (AvgIpc) is 3.41. The molecule has 0 amide bonds. The van der Waals surface area contributed by atoms with Crippen molar-refractivity contribution in [1.82, 2.24) is 4.98 Å². The van der Waals surface area contributed by atoms with E-state index in [2.05, 4.69) is 30.4 Å². The number of ether oxygens (including phenoxy) is 1. The summed E-state index contributed by atoms with van der Waals surface area (Å²) in [7, 11) is 1.68. The molecule has 122 valence electrons. The molecule has 3 aromatic rings. The molecule has 1 N–H and O–H groups in total. The number of aromatic nitrogens is 1. The topological polar surface area (TPSA) is 34.1 Å². The Bertz CT molecular complexity index is 896. The minimum atomic E-state index is 0.739. The van der Waals surface area contributed by atoms with Crippen LogP contribution in [0.4, 0.5) is 11.4 Å². The zero-order valence-electron chi connectivity index (χ0n) is 14.4. The van der Waals surface area contributed by atoms with Gasteiger partial charge in [-0.2, -0.15) is 0 Å². The molecule has 0 radical (unpaired) electrons. The van der Waals surface area contributed by atoms with Crippen LogP contribution >= 0.6 is 0 Å². The van der Waals surface area contributed by atoms with E-state index < -0.39 is 0 Å². The maximum absolute atomic E-state index is 5.24. The van der Waals surface area contributed by atoms with Crippen LogP contribution in [0, 0.1) is 13.8 Å². The summed E-state index contributed by atoms with van der Waals surface area (Å²) in [5.41, 5.74) is 7.00. The maximum atomic E-state index is 5.24. The predicted molar refractivity (Wildman–Crippen MR) is 99.5 cm³/mol. The summed E-state index contributed by atoms with van der Waals surface area (Å²) < 4.78 is 5.24. The number of methoxy groups -OCH3 is 1. The second-order valence-corrected chi connectivity index (χ2v) is 6.67. The van der Waals surface area contributed by atoms with Gasteiger partial charge in [-0.15, -0.1) is 0 Å². The molecule has 0 bridgehead atoms. The van der Waals surface area contributed by atoms with Crippen LogP contribution in [0.1, 0.15) is 35.6 Å². The second-order valence-electron chi connectivity index (χ2n) is 6.67. The molecular weight excluding hydrogens is 296 g/mol. The van der Waals surface area contributed by atoms with Crippen molar-refractivity contribution in [2.45, 2.75) is 32.6 Å². The Hall–Kier alpha value is -2.55. The summed E-state index contributed by atoms with van der Waals surface area (Å²) >= 11 is 0. The van der Waals surface area contributed by atoms with Gasteiger partial charge in [-0.1, -0.05) is 6.07 Å². The van der Waals surface area contributed by atoms with Crippen LogP contribution in [0.2, 0.25) is 0 Å². The van der Waals surface area contributed by atoms with E-state index in [9.17, 15) is 0 Å². The summed E-state index contributed by atoms with van der Waals surface area (Å²) in [5, 5.41) is 4.76. The molecule has 1 aliphatic rings. The molecule has 4 rings (SSSR count). The highest BCUT2D eigenvalue weighted by Crippen LogP contribution is 2.42. The third-order valence-electron chi connectivity index (χ3n) is 4.67. The Balaban J connectivity index is 1.80. The van der Waals surface area contributed by atoms with Gasteiger partial charge in [0.25, 0.3) is 0 Å². The lowest BCUT2D eigenvalue weighted by atomic mass is 10.0. The Labute approximate surface area is 142 Å². The number of rotatable bonds is 4. The van der Waals surface area contributed by atoms with E-state index in [-0.39, 0.29) is 0 Å². The van der Waals surface area contributed by atoms with Crippen LogP contribution in [0.5, 0.6) is 5.75 Å². The van der Waals surface area contributed by atoms with E-state index >= 15 is 0 Å². The van der Waals surface area contributed by atoms with Crippen molar-refractivity contribution in [3.8, 4) is 5.75 Å². The van der Waals surface area contributed by atoms with E-state index in [1.54, 1.807) is 7.11 Å².